The number of hydrogen-bond donors (Lipinski definition) is 0. The van der Waals surface area contributed by atoms with Gasteiger partial charge in [0.15, 0.2) is 0 Å². The Morgan fingerprint density at radius 3 is 2.36 bits per heavy atom. The second-order valence-electron chi connectivity index (χ2n) is 3.19. The van der Waals surface area contributed by atoms with Gasteiger partial charge in [-0.15, -0.1) is 29.9 Å². The normalized spacial score (nSPS) is 17.6. The fourth-order valence-electron chi connectivity index (χ4n) is 1.42. The predicted octanol–water partition coefficient (Wildman–Crippen LogP) is 3.54. The molecule has 72 valence electrons. The van der Waals surface area contributed by atoms with Crippen LogP contribution in [0.4, 0.5) is 0 Å². The van der Waals surface area contributed by atoms with Crippen molar-refractivity contribution in [3.63, 3.8) is 0 Å². The van der Waals surface area contributed by atoms with Crippen LogP contribution in [0.15, 0.2) is 24.3 Å². The van der Waals surface area contributed by atoms with Crippen molar-refractivity contribution in [1.29, 1.82) is 0 Å². The summed E-state index contributed by atoms with van der Waals surface area (Å²) in [5.74, 6) is 5.22. The molecule has 0 atom stereocenters. The molecule has 0 nitrogen and oxygen atoms in total. The molecule has 1 aliphatic heterocycles. The zero-order valence-electron chi connectivity index (χ0n) is 7.90. The van der Waals surface area contributed by atoms with Gasteiger partial charge in [-0.1, -0.05) is 18.1 Å². The minimum atomic E-state index is 0.621. The summed E-state index contributed by atoms with van der Waals surface area (Å²) in [4.78, 5) is 0. The van der Waals surface area contributed by atoms with E-state index in [9.17, 15) is 0 Å². The van der Waals surface area contributed by atoms with Crippen molar-refractivity contribution >= 4 is 23.5 Å². The molecular formula is C12H12S2. The zero-order valence-corrected chi connectivity index (χ0v) is 9.53. The Morgan fingerprint density at radius 1 is 1.14 bits per heavy atom. The van der Waals surface area contributed by atoms with Gasteiger partial charge in [-0.2, -0.15) is 0 Å². The highest BCUT2D eigenvalue weighted by atomic mass is 32.2. The van der Waals surface area contributed by atoms with Crippen LogP contribution < -0.4 is 0 Å². The summed E-state index contributed by atoms with van der Waals surface area (Å²) in [5, 5.41) is 0. The number of benzene rings is 1. The Morgan fingerprint density at radius 2 is 1.79 bits per heavy atom. The van der Waals surface area contributed by atoms with E-state index in [-0.39, 0.29) is 0 Å². The fraction of sp³-hybridized carbons (Fsp3) is 0.333. The van der Waals surface area contributed by atoms with Crippen molar-refractivity contribution in [3.8, 4) is 12.3 Å². The molecule has 0 saturated carbocycles. The quantitative estimate of drug-likeness (QED) is 0.664. The standard InChI is InChI=1S/C12H12S2/c1-2-10-4-6-11(7-5-10)12-13-8-3-9-14-12/h1,4-7,12H,3,8-9H2. The Labute approximate surface area is 93.9 Å². The molecule has 0 spiro atoms. The molecule has 0 N–H and O–H groups in total. The monoisotopic (exact) mass is 220 g/mol. The smallest absolute Gasteiger partial charge is 0.0751 e. The van der Waals surface area contributed by atoms with E-state index < -0.39 is 0 Å². The van der Waals surface area contributed by atoms with Crippen molar-refractivity contribution < 1.29 is 0 Å². The molecule has 0 aromatic heterocycles. The minimum Gasteiger partial charge on any atom is -0.143 e. The van der Waals surface area contributed by atoms with Crippen molar-refractivity contribution in [1.82, 2.24) is 0 Å². The maximum absolute atomic E-state index is 5.32. The molecule has 1 saturated heterocycles. The lowest BCUT2D eigenvalue weighted by Crippen LogP contribution is -1.99. The largest absolute Gasteiger partial charge is 0.143 e. The first kappa shape index (κ1) is 10.0. The molecule has 0 aliphatic carbocycles. The second kappa shape index (κ2) is 4.82. The third kappa shape index (κ3) is 2.29. The van der Waals surface area contributed by atoms with Gasteiger partial charge in [0.05, 0.1) is 4.58 Å². The van der Waals surface area contributed by atoms with Crippen LogP contribution in [-0.2, 0) is 0 Å². The van der Waals surface area contributed by atoms with Gasteiger partial charge in [-0.3, -0.25) is 0 Å². The molecule has 1 heterocycles. The lowest BCUT2D eigenvalue weighted by molar-refractivity contribution is 1.10. The summed E-state index contributed by atoms with van der Waals surface area (Å²) >= 11 is 4.08. The molecule has 1 fully saturated rings. The summed E-state index contributed by atoms with van der Waals surface area (Å²) in [6, 6.07) is 8.38. The summed E-state index contributed by atoms with van der Waals surface area (Å²) in [7, 11) is 0. The van der Waals surface area contributed by atoms with Crippen LogP contribution in [0.2, 0.25) is 0 Å². The van der Waals surface area contributed by atoms with Gasteiger partial charge in [0.25, 0.3) is 0 Å². The Kier molecular flexibility index (Phi) is 3.44. The van der Waals surface area contributed by atoms with E-state index in [0.29, 0.717) is 4.58 Å². The number of terminal acetylenes is 1. The molecule has 0 amide bonds. The highest BCUT2D eigenvalue weighted by molar-refractivity contribution is 8.16. The first-order valence-corrected chi connectivity index (χ1v) is 6.79. The van der Waals surface area contributed by atoms with Crippen LogP contribution in [0.25, 0.3) is 0 Å². The summed E-state index contributed by atoms with van der Waals surface area (Å²) < 4.78 is 0.621. The summed E-state index contributed by atoms with van der Waals surface area (Å²) in [6.07, 6.45) is 6.66. The van der Waals surface area contributed by atoms with Gasteiger partial charge in [-0.05, 0) is 35.6 Å². The van der Waals surface area contributed by atoms with E-state index in [1.807, 2.05) is 35.7 Å². The molecule has 14 heavy (non-hydrogen) atoms. The topological polar surface area (TPSA) is 0 Å². The zero-order chi connectivity index (χ0) is 9.80. The molecule has 1 aliphatic rings. The average molecular weight is 220 g/mol. The first-order valence-electron chi connectivity index (χ1n) is 4.70. The first-order chi connectivity index (χ1) is 6.90. The van der Waals surface area contributed by atoms with Crippen molar-refractivity contribution in [2.45, 2.75) is 11.0 Å². The highest BCUT2D eigenvalue weighted by Gasteiger charge is 2.15. The van der Waals surface area contributed by atoms with Crippen LogP contribution in [0.3, 0.4) is 0 Å². The minimum absolute atomic E-state index is 0.621. The van der Waals surface area contributed by atoms with Crippen LogP contribution in [0, 0.1) is 12.3 Å². The SMILES string of the molecule is C#Cc1ccc(C2SCCCS2)cc1. The molecule has 0 bridgehead atoms. The number of rotatable bonds is 1. The van der Waals surface area contributed by atoms with Crippen molar-refractivity contribution in [3.05, 3.63) is 35.4 Å². The van der Waals surface area contributed by atoms with E-state index >= 15 is 0 Å². The van der Waals surface area contributed by atoms with Gasteiger partial charge in [-0.25, -0.2) is 0 Å². The van der Waals surface area contributed by atoms with E-state index in [1.165, 1.54) is 23.5 Å². The predicted molar refractivity (Wildman–Crippen MR) is 66.7 cm³/mol. The third-order valence-electron chi connectivity index (χ3n) is 2.18. The van der Waals surface area contributed by atoms with E-state index in [2.05, 4.69) is 18.1 Å². The Hall–Kier alpha value is -0.520. The molecule has 2 rings (SSSR count). The van der Waals surface area contributed by atoms with Crippen molar-refractivity contribution in [2.75, 3.05) is 11.5 Å². The van der Waals surface area contributed by atoms with Crippen LogP contribution in [0.5, 0.6) is 0 Å². The highest BCUT2D eigenvalue weighted by Crippen LogP contribution is 2.43. The van der Waals surface area contributed by atoms with E-state index in [1.54, 1.807) is 0 Å². The van der Waals surface area contributed by atoms with Crippen LogP contribution in [0.1, 0.15) is 22.1 Å². The van der Waals surface area contributed by atoms with E-state index in [4.69, 9.17) is 6.42 Å². The molecule has 1 aromatic carbocycles. The Bertz CT molecular complexity index is 328. The molecule has 2 heteroatoms. The average Bonchev–Trinajstić information content (AvgIpc) is 2.30. The van der Waals surface area contributed by atoms with Crippen molar-refractivity contribution in [2.24, 2.45) is 0 Å². The molecule has 0 radical (unpaired) electrons. The van der Waals surface area contributed by atoms with E-state index in [0.717, 1.165) is 5.56 Å². The third-order valence-corrected chi connectivity index (χ3v) is 5.19. The van der Waals surface area contributed by atoms with Gasteiger partial charge in [0.1, 0.15) is 0 Å². The lowest BCUT2D eigenvalue weighted by Gasteiger charge is -2.21. The van der Waals surface area contributed by atoms with Gasteiger partial charge in [0, 0.05) is 5.56 Å². The maximum Gasteiger partial charge on any atom is 0.0751 e. The molecule has 1 aromatic rings. The van der Waals surface area contributed by atoms with Gasteiger partial charge < -0.3 is 0 Å². The maximum atomic E-state index is 5.32. The van der Waals surface area contributed by atoms with Gasteiger partial charge >= 0.3 is 0 Å². The van der Waals surface area contributed by atoms with Gasteiger partial charge in [0.2, 0.25) is 0 Å². The number of hydrogen-bond acceptors (Lipinski definition) is 2. The second-order valence-corrected chi connectivity index (χ2v) is 5.92. The van der Waals surface area contributed by atoms with Crippen LogP contribution >= 0.6 is 23.5 Å². The Balaban J connectivity index is 2.12. The fourth-order valence-corrected chi connectivity index (χ4v) is 4.31. The summed E-state index contributed by atoms with van der Waals surface area (Å²) in [5.41, 5.74) is 2.37. The lowest BCUT2D eigenvalue weighted by atomic mass is 10.2. The summed E-state index contributed by atoms with van der Waals surface area (Å²) in [6.45, 7) is 0. The van der Waals surface area contributed by atoms with Crippen LogP contribution in [-0.4, -0.2) is 11.5 Å². The number of thioether (sulfide) groups is 2. The molecule has 0 unspecified atom stereocenters. The molecular weight excluding hydrogens is 208 g/mol.